The molecule has 4 rings (SSSR count). The number of methoxy groups -OCH3 is 1. The fourth-order valence-corrected chi connectivity index (χ4v) is 3.93. The van der Waals surface area contributed by atoms with Crippen LogP contribution in [0.5, 0.6) is 5.75 Å². The highest BCUT2D eigenvalue weighted by Gasteiger charge is 2.16. The molecule has 1 heterocycles. The molecule has 4 aromatic rings. The molecule has 0 saturated heterocycles. The number of anilines is 2. The standard InChI is InChI=1S/C23H20FN3O4S/c1-25-32(28,29)19-9-10-21(30-2)20(13-19)27-23-26-14-22(31-23)17-7-3-5-15(11-17)16-6-4-8-18(24)12-16/h3-14,25H,1-2H3,(H,26,27). The first kappa shape index (κ1) is 21.5. The molecule has 1 aromatic heterocycles. The summed E-state index contributed by atoms with van der Waals surface area (Å²) in [7, 11) is -0.817. The van der Waals surface area contributed by atoms with Gasteiger partial charge in [0.05, 0.1) is 23.9 Å². The van der Waals surface area contributed by atoms with Crippen LogP contribution >= 0.6 is 0 Å². The van der Waals surface area contributed by atoms with Crippen molar-refractivity contribution in [2.45, 2.75) is 4.90 Å². The molecule has 32 heavy (non-hydrogen) atoms. The van der Waals surface area contributed by atoms with E-state index in [4.69, 9.17) is 9.15 Å². The Labute approximate surface area is 184 Å². The van der Waals surface area contributed by atoms with Crippen molar-refractivity contribution < 1.29 is 22.0 Å². The van der Waals surface area contributed by atoms with E-state index in [0.29, 0.717) is 17.2 Å². The first-order chi connectivity index (χ1) is 15.4. The van der Waals surface area contributed by atoms with Gasteiger partial charge in [-0.1, -0.05) is 30.3 Å². The smallest absolute Gasteiger partial charge is 0.299 e. The van der Waals surface area contributed by atoms with E-state index in [9.17, 15) is 12.8 Å². The molecule has 2 N–H and O–H groups in total. The molecule has 0 aliphatic rings. The van der Waals surface area contributed by atoms with Gasteiger partial charge in [0.2, 0.25) is 10.0 Å². The maximum absolute atomic E-state index is 13.6. The van der Waals surface area contributed by atoms with Gasteiger partial charge in [0.25, 0.3) is 6.01 Å². The minimum absolute atomic E-state index is 0.0675. The van der Waals surface area contributed by atoms with E-state index in [0.717, 1.165) is 16.7 Å². The molecule has 9 heteroatoms. The lowest BCUT2D eigenvalue weighted by Gasteiger charge is -2.11. The van der Waals surface area contributed by atoms with Gasteiger partial charge in [-0.05, 0) is 54.6 Å². The van der Waals surface area contributed by atoms with Gasteiger partial charge in [-0.2, -0.15) is 0 Å². The number of nitrogens with one attached hydrogen (secondary N) is 2. The van der Waals surface area contributed by atoms with Gasteiger partial charge in [-0.15, -0.1) is 0 Å². The molecule has 0 radical (unpaired) electrons. The zero-order chi connectivity index (χ0) is 22.7. The van der Waals surface area contributed by atoms with Gasteiger partial charge in [0, 0.05) is 5.56 Å². The van der Waals surface area contributed by atoms with Crippen molar-refractivity contribution in [1.82, 2.24) is 9.71 Å². The van der Waals surface area contributed by atoms with Crippen LogP contribution in [0.1, 0.15) is 0 Å². The van der Waals surface area contributed by atoms with E-state index >= 15 is 0 Å². The minimum atomic E-state index is -3.63. The molecule has 0 unspecified atom stereocenters. The van der Waals surface area contributed by atoms with Crippen LogP contribution < -0.4 is 14.8 Å². The number of sulfonamides is 1. The Morgan fingerprint density at radius 1 is 0.969 bits per heavy atom. The van der Waals surface area contributed by atoms with E-state index in [1.54, 1.807) is 18.3 Å². The van der Waals surface area contributed by atoms with Crippen LogP contribution in [-0.2, 0) is 10.0 Å². The second kappa shape index (κ2) is 8.81. The summed E-state index contributed by atoms with van der Waals surface area (Å²) >= 11 is 0. The van der Waals surface area contributed by atoms with E-state index in [1.165, 1.54) is 38.4 Å². The topological polar surface area (TPSA) is 93.5 Å². The summed E-state index contributed by atoms with van der Waals surface area (Å²) in [5.41, 5.74) is 2.72. The molecular weight excluding hydrogens is 433 g/mol. The lowest BCUT2D eigenvalue weighted by molar-refractivity contribution is 0.416. The number of rotatable bonds is 7. The summed E-state index contributed by atoms with van der Waals surface area (Å²) in [4.78, 5) is 4.30. The zero-order valence-electron chi connectivity index (χ0n) is 17.3. The van der Waals surface area contributed by atoms with Crippen LogP contribution in [0.2, 0.25) is 0 Å². The largest absolute Gasteiger partial charge is 0.495 e. The first-order valence-corrected chi connectivity index (χ1v) is 11.1. The van der Waals surface area contributed by atoms with Crippen molar-refractivity contribution >= 4 is 21.7 Å². The summed E-state index contributed by atoms with van der Waals surface area (Å²) in [6, 6.07) is 18.4. The number of aromatic nitrogens is 1. The molecule has 0 aliphatic carbocycles. The van der Waals surface area contributed by atoms with Crippen molar-refractivity contribution in [3.05, 3.63) is 78.7 Å². The molecule has 0 saturated carbocycles. The number of ether oxygens (including phenoxy) is 1. The fourth-order valence-electron chi connectivity index (χ4n) is 3.17. The molecule has 0 spiro atoms. The van der Waals surface area contributed by atoms with Crippen LogP contribution in [0.3, 0.4) is 0 Å². The highest BCUT2D eigenvalue weighted by Crippen LogP contribution is 2.32. The van der Waals surface area contributed by atoms with E-state index in [-0.39, 0.29) is 16.7 Å². The molecule has 3 aromatic carbocycles. The quantitative estimate of drug-likeness (QED) is 0.417. The third-order valence-corrected chi connectivity index (χ3v) is 6.21. The first-order valence-electron chi connectivity index (χ1n) is 9.60. The average Bonchev–Trinajstić information content (AvgIpc) is 3.27. The number of hydrogen-bond acceptors (Lipinski definition) is 6. The number of nitrogens with zero attached hydrogens (tertiary/aromatic N) is 1. The van der Waals surface area contributed by atoms with Crippen molar-refractivity contribution in [3.8, 4) is 28.2 Å². The van der Waals surface area contributed by atoms with E-state index < -0.39 is 10.0 Å². The zero-order valence-corrected chi connectivity index (χ0v) is 18.1. The predicted octanol–water partition coefficient (Wildman–Crippen LogP) is 4.81. The Hall–Kier alpha value is -3.69. The Morgan fingerprint density at radius 3 is 2.41 bits per heavy atom. The highest BCUT2D eigenvalue weighted by molar-refractivity contribution is 7.89. The number of halogens is 1. The van der Waals surface area contributed by atoms with Crippen molar-refractivity contribution in [1.29, 1.82) is 0 Å². The molecule has 0 atom stereocenters. The lowest BCUT2D eigenvalue weighted by atomic mass is 10.0. The normalized spacial score (nSPS) is 11.3. The molecule has 7 nitrogen and oxygen atoms in total. The van der Waals surface area contributed by atoms with Gasteiger partial charge in [0.1, 0.15) is 11.6 Å². The second-order valence-electron chi connectivity index (χ2n) is 6.82. The Balaban J connectivity index is 1.63. The molecule has 0 bridgehead atoms. The molecular formula is C23H20FN3O4S. The minimum Gasteiger partial charge on any atom is -0.495 e. The predicted molar refractivity (Wildman–Crippen MR) is 120 cm³/mol. The third kappa shape index (κ3) is 4.48. The molecule has 0 fully saturated rings. The Bertz CT molecular complexity index is 1370. The van der Waals surface area contributed by atoms with E-state index in [1.807, 2.05) is 30.3 Å². The summed E-state index contributed by atoms with van der Waals surface area (Å²) in [6.45, 7) is 0. The van der Waals surface area contributed by atoms with Crippen LogP contribution in [0.4, 0.5) is 16.1 Å². The van der Waals surface area contributed by atoms with Crippen LogP contribution in [0, 0.1) is 5.82 Å². The summed E-state index contributed by atoms with van der Waals surface area (Å²) in [5.74, 6) is 0.604. The number of benzene rings is 3. The SMILES string of the molecule is CNS(=O)(=O)c1ccc(OC)c(Nc2ncc(-c3cccc(-c4cccc(F)c4)c3)o2)c1. The van der Waals surface area contributed by atoms with Crippen LogP contribution in [0.25, 0.3) is 22.5 Å². The average molecular weight is 453 g/mol. The van der Waals surface area contributed by atoms with Gasteiger partial charge in [0.15, 0.2) is 5.76 Å². The van der Waals surface area contributed by atoms with Gasteiger partial charge < -0.3 is 14.5 Å². The highest BCUT2D eigenvalue weighted by atomic mass is 32.2. The lowest BCUT2D eigenvalue weighted by Crippen LogP contribution is -2.18. The summed E-state index contributed by atoms with van der Waals surface area (Å²) in [6.07, 6.45) is 1.55. The molecule has 0 amide bonds. The van der Waals surface area contributed by atoms with Crippen LogP contribution in [-0.4, -0.2) is 27.6 Å². The maximum atomic E-state index is 13.6. The van der Waals surface area contributed by atoms with Gasteiger partial charge in [-0.25, -0.2) is 22.5 Å². The summed E-state index contributed by atoms with van der Waals surface area (Å²) < 4.78 is 51.2. The third-order valence-electron chi connectivity index (χ3n) is 4.80. The number of oxazole rings is 1. The van der Waals surface area contributed by atoms with Crippen LogP contribution in [0.15, 0.2) is 82.2 Å². The second-order valence-corrected chi connectivity index (χ2v) is 8.70. The van der Waals surface area contributed by atoms with Gasteiger partial charge >= 0.3 is 0 Å². The molecule has 164 valence electrons. The van der Waals surface area contributed by atoms with Crippen molar-refractivity contribution in [2.75, 3.05) is 19.5 Å². The van der Waals surface area contributed by atoms with Gasteiger partial charge in [-0.3, -0.25) is 0 Å². The van der Waals surface area contributed by atoms with Crippen molar-refractivity contribution in [3.63, 3.8) is 0 Å². The number of hydrogen-bond donors (Lipinski definition) is 2. The Kier molecular flexibility index (Phi) is 5.93. The summed E-state index contributed by atoms with van der Waals surface area (Å²) in [5, 5.41) is 2.96. The fraction of sp³-hybridized carbons (Fsp3) is 0.0870. The van der Waals surface area contributed by atoms with E-state index in [2.05, 4.69) is 15.0 Å². The monoisotopic (exact) mass is 453 g/mol. The molecule has 0 aliphatic heterocycles. The van der Waals surface area contributed by atoms with Crippen molar-refractivity contribution in [2.24, 2.45) is 0 Å². The maximum Gasteiger partial charge on any atom is 0.299 e. The Morgan fingerprint density at radius 2 is 1.69 bits per heavy atom.